The molecule has 2 aliphatic heterocycles. The third-order valence-electron chi connectivity index (χ3n) is 4.50. The maximum atomic E-state index is 12.9. The number of nitrogens with zero attached hydrogens (tertiary/aromatic N) is 3. The van der Waals surface area contributed by atoms with E-state index in [2.05, 4.69) is 5.16 Å². The molecule has 3 heterocycles. The molecule has 1 aromatic heterocycles. The second-order valence-electron chi connectivity index (χ2n) is 6.12. The van der Waals surface area contributed by atoms with E-state index in [-0.39, 0.29) is 37.6 Å². The predicted molar refractivity (Wildman–Crippen MR) is 89.6 cm³/mol. The summed E-state index contributed by atoms with van der Waals surface area (Å²) >= 11 is 6.21. The fourth-order valence-electron chi connectivity index (χ4n) is 3.12. The highest BCUT2D eigenvalue weighted by atomic mass is 35.5. The lowest BCUT2D eigenvalue weighted by molar-refractivity contribution is -0.129. The molecule has 0 bridgehead atoms. The Morgan fingerprint density at radius 2 is 2.00 bits per heavy atom. The van der Waals surface area contributed by atoms with Gasteiger partial charge in [-0.05, 0) is 13.0 Å². The molecule has 2 fully saturated rings. The minimum atomic E-state index is -0.662. The van der Waals surface area contributed by atoms with E-state index in [1.165, 1.54) is 4.90 Å². The van der Waals surface area contributed by atoms with Crippen LogP contribution in [0, 0.1) is 6.92 Å². The molecule has 2 aliphatic rings. The molecule has 134 valence electrons. The van der Waals surface area contributed by atoms with Crippen LogP contribution in [-0.4, -0.2) is 58.6 Å². The summed E-state index contributed by atoms with van der Waals surface area (Å²) in [6, 6.07) is 6.68. The number of benzene rings is 1. The van der Waals surface area contributed by atoms with E-state index in [0.717, 1.165) is 4.90 Å². The van der Waals surface area contributed by atoms with Crippen LogP contribution < -0.4 is 0 Å². The lowest BCUT2D eigenvalue weighted by Gasteiger charge is -2.41. The van der Waals surface area contributed by atoms with E-state index in [9.17, 15) is 14.4 Å². The molecule has 9 heteroatoms. The average molecular weight is 376 g/mol. The van der Waals surface area contributed by atoms with Crippen molar-refractivity contribution in [3.8, 4) is 11.3 Å². The van der Waals surface area contributed by atoms with E-state index < -0.39 is 6.09 Å². The molecule has 0 saturated carbocycles. The Hall–Kier alpha value is -2.87. The first kappa shape index (κ1) is 16.6. The molecule has 8 nitrogen and oxygen atoms in total. The van der Waals surface area contributed by atoms with Crippen molar-refractivity contribution in [1.29, 1.82) is 0 Å². The van der Waals surface area contributed by atoms with Crippen molar-refractivity contribution in [3.05, 3.63) is 40.6 Å². The van der Waals surface area contributed by atoms with Crippen LogP contribution in [0.3, 0.4) is 0 Å². The van der Waals surface area contributed by atoms with Crippen LogP contribution in [0.25, 0.3) is 11.3 Å². The number of imide groups is 1. The highest BCUT2D eigenvalue weighted by Crippen LogP contribution is 2.33. The Morgan fingerprint density at radius 3 is 2.65 bits per heavy atom. The minimum Gasteiger partial charge on any atom is -0.439 e. The van der Waals surface area contributed by atoms with Crippen molar-refractivity contribution < 1.29 is 23.6 Å². The number of aryl methyl sites for hydroxylation is 1. The zero-order valence-electron chi connectivity index (χ0n) is 13.8. The van der Waals surface area contributed by atoms with Gasteiger partial charge in [0.15, 0.2) is 6.61 Å². The molecule has 26 heavy (non-hydrogen) atoms. The van der Waals surface area contributed by atoms with Crippen LogP contribution in [0.1, 0.15) is 16.1 Å². The van der Waals surface area contributed by atoms with Crippen LogP contribution >= 0.6 is 11.6 Å². The van der Waals surface area contributed by atoms with E-state index >= 15 is 0 Å². The number of likely N-dealkylation sites (tertiary alicyclic amines) is 1. The van der Waals surface area contributed by atoms with Crippen LogP contribution in [0.15, 0.2) is 28.8 Å². The highest BCUT2D eigenvalue weighted by Gasteiger charge is 2.45. The molecule has 2 aromatic rings. The zero-order valence-corrected chi connectivity index (χ0v) is 14.5. The Balaban J connectivity index is 1.56. The van der Waals surface area contributed by atoms with Crippen molar-refractivity contribution in [2.24, 2.45) is 0 Å². The largest absolute Gasteiger partial charge is 0.439 e. The second kappa shape index (κ2) is 6.14. The number of halogens is 1. The van der Waals surface area contributed by atoms with E-state index in [1.54, 1.807) is 31.2 Å². The standard InChI is InChI=1S/C17H14ClN3O5/c1-9-14(15(19-26-9)11-4-2-3-5-12(11)18)16(23)20-6-10(7-20)21-13(22)8-25-17(21)24/h2-5,10H,6-8H2,1H3. The van der Waals surface area contributed by atoms with Gasteiger partial charge in [0.25, 0.3) is 11.8 Å². The molecule has 0 unspecified atom stereocenters. The van der Waals surface area contributed by atoms with Gasteiger partial charge in [-0.3, -0.25) is 9.59 Å². The number of amides is 3. The molecular weight excluding hydrogens is 362 g/mol. The number of cyclic esters (lactones) is 1. The van der Waals surface area contributed by atoms with Crippen LogP contribution in [0.4, 0.5) is 4.79 Å². The van der Waals surface area contributed by atoms with Gasteiger partial charge in [-0.25, -0.2) is 9.69 Å². The van der Waals surface area contributed by atoms with Crippen LogP contribution in [0.5, 0.6) is 0 Å². The summed E-state index contributed by atoms with van der Waals surface area (Å²) in [4.78, 5) is 38.8. The van der Waals surface area contributed by atoms with Gasteiger partial charge in [0.2, 0.25) is 0 Å². The van der Waals surface area contributed by atoms with E-state index in [1.807, 2.05) is 0 Å². The monoisotopic (exact) mass is 375 g/mol. The first-order valence-electron chi connectivity index (χ1n) is 7.96. The van der Waals surface area contributed by atoms with Gasteiger partial charge in [0.1, 0.15) is 17.0 Å². The zero-order chi connectivity index (χ0) is 18.4. The number of hydrogen-bond donors (Lipinski definition) is 0. The lowest BCUT2D eigenvalue weighted by atomic mass is 10.0. The maximum Gasteiger partial charge on any atom is 0.417 e. The SMILES string of the molecule is Cc1onc(-c2ccccc2Cl)c1C(=O)N1CC(N2C(=O)COC2=O)C1. The molecule has 3 amide bonds. The fourth-order valence-corrected chi connectivity index (χ4v) is 3.35. The molecule has 0 N–H and O–H groups in total. The summed E-state index contributed by atoms with van der Waals surface area (Å²) in [6.07, 6.45) is -0.662. The summed E-state index contributed by atoms with van der Waals surface area (Å²) < 4.78 is 9.92. The molecule has 0 spiro atoms. The summed E-state index contributed by atoms with van der Waals surface area (Å²) in [5.41, 5.74) is 1.30. The van der Waals surface area contributed by atoms with Gasteiger partial charge < -0.3 is 14.2 Å². The Bertz CT molecular complexity index is 903. The third-order valence-corrected chi connectivity index (χ3v) is 4.83. The molecule has 1 aromatic carbocycles. The number of aromatic nitrogens is 1. The smallest absolute Gasteiger partial charge is 0.417 e. The molecule has 0 aliphatic carbocycles. The van der Waals surface area contributed by atoms with Gasteiger partial charge in [0, 0.05) is 18.7 Å². The maximum absolute atomic E-state index is 12.9. The lowest BCUT2D eigenvalue weighted by Crippen LogP contribution is -2.62. The first-order chi connectivity index (χ1) is 12.5. The Kier molecular flexibility index (Phi) is 3.91. The molecular formula is C17H14ClN3O5. The van der Waals surface area contributed by atoms with Gasteiger partial charge in [-0.1, -0.05) is 35.0 Å². The van der Waals surface area contributed by atoms with Crippen molar-refractivity contribution >= 4 is 29.5 Å². The van der Waals surface area contributed by atoms with Crippen molar-refractivity contribution in [2.75, 3.05) is 19.7 Å². The van der Waals surface area contributed by atoms with Crippen molar-refractivity contribution in [1.82, 2.24) is 15.0 Å². The summed E-state index contributed by atoms with van der Waals surface area (Å²) in [5, 5.41) is 4.44. The summed E-state index contributed by atoms with van der Waals surface area (Å²) in [6.45, 7) is 1.89. The normalized spacial score (nSPS) is 17.5. The first-order valence-corrected chi connectivity index (χ1v) is 8.34. The van der Waals surface area contributed by atoms with Crippen molar-refractivity contribution in [3.63, 3.8) is 0 Å². The van der Waals surface area contributed by atoms with E-state index in [4.69, 9.17) is 20.9 Å². The number of carbonyl (C=O) groups excluding carboxylic acids is 3. The van der Waals surface area contributed by atoms with Crippen LogP contribution in [0.2, 0.25) is 5.02 Å². The van der Waals surface area contributed by atoms with Gasteiger partial charge in [0.05, 0.1) is 11.1 Å². The van der Waals surface area contributed by atoms with Crippen molar-refractivity contribution in [2.45, 2.75) is 13.0 Å². The number of ether oxygens (including phenoxy) is 1. The topological polar surface area (TPSA) is 93.0 Å². The third kappa shape index (κ3) is 2.53. The quantitative estimate of drug-likeness (QED) is 0.815. The number of carbonyl (C=O) groups is 3. The van der Waals surface area contributed by atoms with E-state index in [0.29, 0.717) is 27.6 Å². The number of rotatable bonds is 3. The van der Waals surface area contributed by atoms with Gasteiger partial charge in [-0.2, -0.15) is 0 Å². The van der Waals surface area contributed by atoms with Gasteiger partial charge in [-0.15, -0.1) is 0 Å². The summed E-state index contributed by atoms with van der Waals surface area (Å²) in [5.74, 6) is -0.287. The average Bonchev–Trinajstić information content (AvgIpc) is 3.11. The van der Waals surface area contributed by atoms with Gasteiger partial charge >= 0.3 is 6.09 Å². The predicted octanol–water partition coefficient (Wildman–Crippen LogP) is 2.11. The Morgan fingerprint density at radius 1 is 1.27 bits per heavy atom. The van der Waals surface area contributed by atoms with Crippen LogP contribution in [-0.2, 0) is 9.53 Å². The molecule has 4 rings (SSSR count). The number of hydrogen-bond acceptors (Lipinski definition) is 6. The minimum absolute atomic E-state index is 0.242. The second-order valence-corrected chi connectivity index (χ2v) is 6.53. The highest BCUT2D eigenvalue weighted by molar-refractivity contribution is 6.33. The molecule has 0 radical (unpaired) electrons. The Labute approximate surface area is 153 Å². The fraction of sp³-hybridized carbons (Fsp3) is 0.294. The summed E-state index contributed by atoms with van der Waals surface area (Å²) in [7, 11) is 0. The molecule has 0 atom stereocenters. The molecule has 2 saturated heterocycles.